The predicted octanol–water partition coefficient (Wildman–Crippen LogP) is 2.35. The van der Waals surface area contributed by atoms with Gasteiger partial charge in [-0.3, -0.25) is 0 Å². The van der Waals surface area contributed by atoms with E-state index < -0.39 is 0 Å². The molecule has 2 N–H and O–H groups in total. The smallest absolute Gasteiger partial charge is 0.135 e. The summed E-state index contributed by atoms with van der Waals surface area (Å²) in [5, 5.41) is 12.4. The zero-order valence-electron chi connectivity index (χ0n) is 11.5. The van der Waals surface area contributed by atoms with Gasteiger partial charge in [0.15, 0.2) is 0 Å². The molecule has 1 fully saturated rings. The molecule has 1 heterocycles. The molecular formula is C14H23N3O. The van der Waals surface area contributed by atoms with E-state index in [1.54, 1.807) is 0 Å². The Morgan fingerprint density at radius 2 is 2.11 bits per heavy atom. The van der Waals surface area contributed by atoms with Crippen LogP contribution in [0.5, 0.6) is 0 Å². The van der Waals surface area contributed by atoms with Crippen molar-refractivity contribution in [3.8, 4) is 0 Å². The molecule has 1 aliphatic rings. The second kappa shape index (κ2) is 4.84. The predicted molar refractivity (Wildman–Crippen MR) is 72.6 cm³/mol. The first-order valence-electron chi connectivity index (χ1n) is 6.64. The van der Waals surface area contributed by atoms with Gasteiger partial charge in [-0.2, -0.15) is 0 Å². The van der Waals surface area contributed by atoms with E-state index in [0.717, 1.165) is 24.6 Å². The number of aliphatic hydroxyl groups excluding tert-OH is 1. The second-order valence-electron chi connectivity index (χ2n) is 6.34. The average Bonchev–Trinajstić information content (AvgIpc) is 3.07. The monoisotopic (exact) mass is 249 g/mol. The quantitative estimate of drug-likeness (QED) is 0.841. The van der Waals surface area contributed by atoms with Gasteiger partial charge in [0.1, 0.15) is 11.6 Å². The first-order valence-corrected chi connectivity index (χ1v) is 6.64. The summed E-state index contributed by atoms with van der Waals surface area (Å²) >= 11 is 0. The summed E-state index contributed by atoms with van der Waals surface area (Å²) in [5.74, 6) is 1.75. The Kier molecular flexibility index (Phi) is 3.57. The maximum Gasteiger partial charge on any atom is 0.135 e. The Morgan fingerprint density at radius 1 is 1.39 bits per heavy atom. The number of hydrogen-bond donors (Lipinski definition) is 2. The molecule has 0 atom stereocenters. The molecule has 0 aromatic carbocycles. The summed E-state index contributed by atoms with van der Waals surface area (Å²) < 4.78 is 0. The topological polar surface area (TPSA) is 58.0 Å². The third kappa shape index (κ3) is 3.19. The van der Waals surface area contributed by atoms with Crippen LogP contribution in [0.4, 0.5) is 5.82 Å². The molecule has 0 radical (unpaired) electrons. The first kappa shape index (κ1) is 13.3. The normalized spacial score (nSPS) is 17.6. The standard InChI is InChI=1S/C14H23N3O/c1-13(2,3)12-15-8-4-11(17-12)16-10-14(5-6-14)7-9-18/h4,8,18H,5-7,9-10H2,1-3H3,(H,15,16,17). The Balaban J connectivity index is 1.98. The largest absolute Gasteiger partial charge is 0.396 e. The minimum absolute atomic E-state index is 0.0277. The molecule has 4 heteroatoms. The van der Waals surface area contributed by atoms with Gasteiger partial charge in [0.2, 0.25) is 0 Å². The maximum atomic E-state index is 9.04. The lowest BCUT2D eigenvalue weighted by Crippen LogP contribution is -2.20. The number of anilines is 1. The molecule has 1 aromatic heterocycles. The summed E-state index contributed by atoms with van der Waals surface area (Å²) in [7, 11) is 0. The van der Waals surface area contributed by atoms with Crippen molar-refractivity contribution in [2.24, 2.45) is 5.41 Å². The van der Waals surface area contributed by atoms with Gasteiger partial charge in [-0.1, -0.05) is 20.8 Å². The number of aromatic nitrogens is 2. The number of nitrogens with one attached hydrogen (secondary N) is 1. The van der Waals surface area contributed by atoms with Gasteiger partial charge in [0, 0.05) is 24.8 Å². The van der Waals surface area contributed by atoms with Crippen molar-refractivity contribution in [1.82, 2.24) is 9.97 Å². The molecular weight excluding hydrogens is 226 g/mol. The number of rotatable bonds is 5. The van der Waals surface area contributed by atoms with E-state index in [2.05, 4.69) is 36.1 Å². The van der Waals surface area contributed by atoms with Crippen molar-refractivity contribution < 1.29 is 5.11 Å². The summed E-state index contributed by atoms with van der Waals surface area (Å²) in [6, 6.07) is 1.91. The van der Waals surface area contributed by atoms with E-state index in [-0.39, 0.29) is 12.0 Å². The maximum absolute atomic E-state index is 9.04. The number of aliphatic hydroxyl groups is 1. The van der Waals surface area contributed by atoms with Gasteiger partial charge in [-0.25, -0.2) is 9.97 Å². The molecule has 1 aliphatic carbocycles. The highest BCUT2D eigenvalue weighted by molar-refractivity contribution is 5.34. The van der Waals surface area contributed by atoms with Crippen LogP contribution in [0.3, 0.4) is 0 Å². The molecule has 0 unspecified atom stereocenters. The number of nitrogens with zero attached hydrogens (tertiary/aromatic N) is 2. The molecule has 0 spiro atoms. The first-order chi connectivity index (χ1) is 8.45. The van der Waals surface area contributed by atoms with Gasteiger partial charge in [-0.15, -0.1) is 0 Å². The molecule has 4 nitrogen and oxygen atoms in total. The highest BCUT2D eigenvalue weighted by Crippen LogP contribution is 2.48. The van der Waals surface area contributed by atoms with Crippen molar-refractivity contribution in [3.63, 3.8) is 0 Å². The summed E-state index contributed by atoms with van der Waals surface area (Å²) in [4.78, 5) is 8.87. The van der Waals surface area contributed by atoms with Crippen LogP contribution in [-0.4, -0.2) is 28.2 Å². The van der Waals surface area contributed by atoms with Crippen LogP contribution < -0.4 is 5.32 Å². The molecule has 0 saturated heterocycles. The fourth-order valence-electron chi connectivity index (χ4n) is 2.03. The minimum atomic E-state index is -0.0277. The zero-order valence-corrected chi connectivity index (χ0v) is 11.5. The third-order valence-electron chi connectivity index (χ3n) is 3.57. The third-order valence-corrected chi connectivity index (χ3v) is 3.57. The lowest BCUT2D eigenvalue weighted by molar-refractivity contribution is 0.253. The van der Waals surface area contributed by atoms with Gasteiger partial charge in [0.05, 0.1) is 0 Å². The lowest BCUT2D eigenvalue weighted by Gasteiger charge is -2.19. The van der Waals surface area contributed by atoms with E-state index >= 15 is 0 Å². The van der Waals surface area contributed by atoms with E-state index in [0.29, 0.717) is 5.41 Å². The van der Waals surface area contributed by atoms with Crippen LogP contribution in [-0.2, 0) is 5.41 Å². The van der Waals surface area contributed by atoms with Crippen LogP contribution in [0.1, 0.15) is 45.9 Å². The molecule has 1 aromatic rings. The van der Waals surface area contributed by atoms with Crippen LogP contribution in [0.2, 0.25) is 0 Å². The second-order valence-corrected chi connectivity index (χ2v) is 6.34. The van der Waals surface area contributed by atoms with Gasteiger partial charge in [-0.05, 0) is 30.7 Å². The van der Waals surface area contributed by atoms with Gasteiger partial charge >= 0.3 is 0 Å². The van der Waals surface area contributed by atoms with Crippen molar-refractivity contribution in [2.75, 3.05) is 18.5 Å². The highest BCUT2D eigenvalue weighted by Gasteiger charge is 2.41. The van der Waals surface area contributed by atoms with Crippen LogP contribution in [0, 0.1) is 5.41 Å². The lowest BCUT2D eigenvalue weighted by atomic mass is 9.96. The van der Waals surface area contributed by atoms with Crippen molar-refractivity contribution in [1.29, 1.82) is 0 Å². The number of hydrogen-bond acceptors (Lipinski definition) is 4. The Morgan fingerprint density at radius 3 is 2.67 bits per heavy atom. The Hall–Kier alpha value is -1.16. The summed E-state index contributed by atoms with van der Waals surface area (Å²) in [5.41, 5.74) is 0.279. The molecule has 0 aliphatic heterocycles. The molecule has 18 heavy (non-hydrogen) atoms. The summed E-state index contributed by atoms with van der Waals surface area (Å²) in [6.07, 6.45) is 5.11. The Labute approximate surface area is 109 Å². The SMILES string of the molecule is CC(C)(C)c1nccc(NCC2(CCO)CC2)n1. The fourth-order valence-corrected chi connectivity index (χ4v) is 2.03. The molecule has 100 valence electrons. The van der Waals surface area contributed by atoms with Crippen molar-refractivity contribution in [3.05, 3.63) is 18.1 Å². The zero-order chi connectivity index (χ0) is 13.2. The van der Waals surface area contributed by atoms with E-state index in [1.807, 2.05) is 12.3 Å². The highest BCUT2D eigenvalue weighted by atomic mass is 16.3. The molecule has 1 saturated carbocycles. The molecule has 0 amide bonds. The Bertz CT molecular complexity index is 408. The van der Waals surface area contributed by atoms with E-state index in [4.69, 9.17) is 5.11 Å². The van der Waals surface area contributed by atoms with Crippen molar-refractivity contribution >= 4 is 5.82 Å². The summed E-state index contributed by atoms with van der Waals surface area (Å²) in [6.45, 7) is 7.51. The van der Waals surface area contributed by atoms with Crippen molar-refractivity contribution in [2.45, 2.75) is 45.4 Å². The van der Waals surface area contributed by atoms with E-state index in [9.17, 15) is 0 Å². The van der Waals surface area contributed by atoms with Crippen LogP contribution in [0.15, 0.2) is 12.3 Å². The fraction of sp³-hybridized carbons (Fsp3) is 0.714. The van der Waals surface area contributed by atoms with E-state index in [1.165, 1.54) is 12.8 Å². The average molecular weight is 249 g/mol. The van der Waals surface area contributed by atoms with Crippen LogP contribution >= 0.6 is 0 Å². The van der Waals surface area contributed by atoms with Gasteiger partial charge < -0.3 is 10.4 Å². The molecule has 2 rings (SSSR count). The molecule has 0 bridgehead atoms. The van der Waals surface area contributed by atoms with Gasteiger partial charge in [0.25, 0.3) is 0 Å². The minimum Gasteiger partial charge on any atom is -0.396 e. The van der Waals surface area contributed by atoms with Crippen LogP contribution in [0.25, 0.3) is 0 Å².